The lowest BCUT2D eigenvalue weighted by Crippen LogP contribution is -2.10. The third-order valence-corrected chi connectivity index (χ3v) is 7.11. The van der Waals surface area contributed by atoms with Crippen LogP contribution in [0.5, 0.6) is 0 Å². The van der Waals surface area contributed by atoms with Gasteiger partial charge in [0.1, 0.15) is 0 Å². The highest BCUT2D eigenvalue weighted by molar-refractivity contribution is 9.11. The van der Waals surface area contributed by atoms with Crippen molar-refractivity contribution < 1.29 is 0 Å². The van der Waals surface area contributed by atoms with Gasteiger partial charge in [-0.3, -0.25) is 0 Å². The van der Waals surface area contributed by atoms with E-state index in [0.29, 0.717) is 47.2 Å². The molecule has 0 amide bonds. The van der Waals surface area contributed by atoms with Gasteiger partial charge in [-0.2, -0.15) is 0 Å². The van der Waals surface area contributed by atoms with Crippen molar-refractivity contribution in [1.82, 2.24) is 0 Å². The van der Waals surface area contributed by atoms with Crippen molar-refractivity contribution in [3.63, 3.8) is 0 Å². The average molecular weight is 687 g/mol. The minimum atomic E-state index is 0.358. The van der Waals surface area contributed by atoms with E-state index in [1.165, 1.54) is 0 Å². The lowest BCUT2D eigenvalue weighted by Gasteiger charge is -2.25. The molecule has 0 saturated heterocycles. The van der Waals surface area contributed by atoms with Gasteiger partial charge in [-0.25, -0.2) is 0 Å². The molecule has 0 unspecified atom stereocenters. The Balaban J connectivity index is 2.45. The number of hydrogen-bond donors (Lipinski definition) is 0. The SMILES string of the molecule is Clc1cc(Cl)c([C](c2c(Cl)cc(Cl)cc2Cl)c2c(Br)cc(Br)cc2Br)c(Cl)c1. The van der Waals surface area contributed by atoms with Gasteiger partial charge in [0, 0.05) is 54.7 Å². The van der Waals surface area contributed by atoms with Crippen LogP contribution >= 0.6 is 117 Å². The second-order valence-corrected chi connectivity index (χ2v) is 10.7. The molecule has 3 aromatic rings. The fraction of sp³-hybridized carbons (Fsp3) is 0. The number of benzene rings is 3. The summed E-state index contributed by atoms with van der Waals surface area (Å²) in [5.74, 6) is 0.629. The summed E-state index contributed by atoms with van der Waals surface area (Å²) in [5, 5.41) is 2.26. The van der Waals surface area contributed by atoms with Crippen molar-refractivity contribution in [2.45, 2.75) is 0 Å². The molecule has 0 heterocycles. The topological polar surface area (TPSA) is 0 Å². The molecule has 3 aromatic carbocycles. The smallest absolute Gasteiger partial charge is 0.0713 e. The van der Waals surface area contributed by atoms with Gasteiger partial charge in [-0.1, -0.05) is 117 Å². The molecule has 0 aliphatic heterocycles. The van der Waals surface area contributed by atoms with E-state index in [-0.39, 0.29) is 0 Å². The molecule has 28 heavy (non-hydrogen) atoms. The Labute approximate surface area is 217 Å². The van der Waals surface area contributed by atoms with E-state index in [1.54, 1.807) is 24.3 Å². The standard InChI is InChI=1S/C19H6Br3Cl6/c20-7-1-10(21)16(11(22)2-7)19(17-12(25)3-8(23)4-13(17)26)18-14(27)5-9(24)6-15(18)28/h1-6H. The monoisotopic (exact) mass is 681 g/mol. The molecule has 0 spiro atoms. The first-order valence-corrected chi connectivity index (χ1v) is 12.1. The van der Waals surface area contributed by atoms with E-state index in [9.17, 15) is 0 Å². The van der Waals surface area contributed by atoms with Crippen LogP contribution in [0.3, 0.4) is 0 Å². The highest BCUT2D eigenvalue weighted by Crippen LogP contribution is 2.49. The minimum Gasteiger partial charge on any atom is -0.0842 e. The Morgan fingerprint density at radius 2 is 0.821 bits per heavy atom. The maximum Gasteiger partial charge on any atom is 0.0713 e. The van der Waals surface area contributed by atoms with Crippen molar-refractivity contribution in [3.05, 3.63) is 103 Å². The van der Waals surface area contributed by atoms with E-state index >= 15 is 0 Å². The van der Waals surface area contributed by atoms with Crippen LogP contribution in [0.25, 0.3) is 0 Å². The zero-order valence-electron chi connectivity index (χ0n) is 13.4. The number of hydrogen-bond acceptors (Lipinski definition) is 0. The highest BCUT2D eigenvalue weighted by Gasteiger charge is 2.31. The average Bonchev–Trinajstić information content (AvgIpc) is 2.51. The second kappa shape index (κ2) is 9.54. The lowest BCUT2D eigenvalue weighted by atomic mass is 9.85. The maximum absolute atomic E-state index is 6.56. The Kier molecular flexibility index (Phi) is 8.01. The molecular formula is C19H6Br3Cl6. The predicted molar refractivity (Wildman–Crippen MR) is 133 cm³/mol. The molecule has 0 aromatic heterocycles. The van der Waals surface area contributed by atoms with Crippen molar-refractivity contribution in [3.8, 4) is 0 Å². The molecule has 9 heteroatoms. The van der Waals surface area contributed by atoms with Crippen molar-refractivity contribution in [2.75, 3.05) is 0 Å². The van der Waals surface area contributed by atoms with Gasteiger partial charge in [-0.05, 0) is 42.0 Å². The Bertz CT molecular complexity index is 878. The van der Waals surface area contributed by atoms with E-state index < -0.39 is 0 Å². The van der Waals surface area contributed by atoms with Gasteiger partial charge in [-0.15, -0.1) is 0 Å². The van der Waals surface area contributed by atoms with Gasteiger partial charge in [0.25, 0.3) is 0 Å². The fourth-order valence-corrected chi connectivity index (χ4v) is 7.39. The van der Waals surface area contributed by atoms with E-state index in [2.05, 4.69) is 47.8 Å². The van der Waals surface area contributed by atoms with Crippen LogP contribution in [0.1, 0.15) is 16.7 Å². The summed E-state index contributed by atoms with van der Waals surface area (Å²) < 4.78 is 2.41. The zero-order valence-corrected chi connectivity index (χ0v) is 22.7. The summed E-state index contributed by atoms with van der Waals surface area (Å²) in [7, 11) is 0. The molecule has 0 atom stereocenters. The fourth-order valence-electron chi connectivity index (χ4n) is 2.72. The zero-order chi connectivity index (χ0) is 20.7. The van der Waals surface area contributed by atoms with Gasteiger partial charge < -0.3 is 0 Å². The van der Waals surface area contributed by atoms with E-state index in [0.717, 1.165) is 19.0 Å². The van der Waals surface area contributed by atoms with Gasteiger partial charge in [0.15, 0.2) is 0 Å². The summed E-state index contributed by atoms with van der Waals surface area (Å²) in [6.45, 7) is 0. The molecule has 0 fully saturated rings. The normalized spacial score (nSPS) is 11.4. The van der Waals surface area contributed by atoms with E-state index in [1.807, 2.05) is 12.1 Å². The van der Waals surface area contributed by atoms with Gasteiger partial charge >= 0.3 is 0 Å². The summed E-state index contributed by atoms with van der Waals surface area (Å²) >= 11 is 49.2. The summed E-state index contributed by atoms with van der Waals surface area (Å²) in [6.07, 6.45) is 0. The highest BCUT2D eigenvalue weighted by atomic mass is 79.9. The van der Waals surface area contributed by atoms with Crippen LogP contribution < -0.4 is 0 Å². The third kappa shape index (κ3) is 4.84. The first kappa shape index (κ1) is 23.5. The summed E-state index contributed by atoms with van der Waals surface area (Å²) in [6, 6.07) is 10.3. The molecule has 0 bridgehead atoms. The molecule has 0 saturated carbocycles. The number of rotatable bonds is 3. The van der Waals surface area contributed by atoms with Gasteiger partial charge in [0.2, 0.25) is 0 Å². The number of halogens is 9. The van der Waals surface area contributed by atoms with Crippen LogP contribution in [0, 0.1) is 5.92 Å². The Hall–Kier alpha value is 0.840. The van der Waals surface area contributed by atoms with Crippen molar-refractivity contribution in [1.29, 1.82) is 0 Å². The summed E-state index contributed by atoms with van der Waals surface area (Å²) in [5.41, 5.74) is 1.85. The minimum absolute atomic E-state index is 0.358. The Morgan fingerprint density at radius 1 is 0.500 bits per heavy atom. The van der Waals surface area contributed by atoms with Crippen molar-refractivity contribution >= 4 is 117 Å². The first-order valence-electron chi connectivity index (χ1n) is 7.41. The quantitative estimate of drug-likeness (QED) is 0.241. The van der Waals surface area contributed by atoms with Crippen LogP contribution in [0.4, 0.5) is 0 Å². The van der Waals surface area contributed by atoms with Crippen molar-refractivity contribution in [2.24, 2.45) is 0 Å². The molecule has 0 N–H and O–H groups in total. The van der Waals surface area contributed by atoms with Crippen LogP contribution in [-0.2, 0) is 0 Å². The molecule has 1 radical (unpaired) electrons. The maximum atomic E-state index is 6.56. The van der Waals surface area contributed by atoms with Crippen LogP contribution in [0.2, 0.25) is 30.1 Å². The Morgan fingerprint density at radius 3 is 1.14 bits per heavy atom. The third-order valence-electron chi connectivity index (χ3n) is 3.77. The molecule has 145 valence electrons. The lowest BCUT2D eigenvalue weighted by molar-refractivity contribution is 1.20. The largest absolute Gasteiger partial charge is 0.0842 e. The molecule has 0 aliphatic rings. The summed E-state index contributed by atoms with van der Waals surface area (Å²) in [4.78, 5) is 0. The second-order valence-electron chi connectivity index (χ2n) is 5.61. The first-order chi connectivity index (χ1) is 13.1. The predicted octanol–water partition coefficient (Wildman–Crippen LogP) is 10.9. The molecular weight excluding hydrogens is 681 g/mol. The van der Waals surface area contributed by atoms with Gasteiger partial charge in [0.05, 0.1) is 5.92 Å². The molecule has 3 rings (SSSR count). The van der Waals surface area contributed by atoms with Crippen LogP contribution in [0.15, 0.2) is 49.8 Å². The van der Waals surface area contributed by atoms with Crippen LogP contribution in [-0.4, -0.2) is 0 Å². The molecule has 0 nitrogen and oxygen atoms in total. The van der Waals surface area contributed by atoms with E-state index in [4.69, 9.17) is 69.6 Å². The molecule has 0 aliphatic carbocycles.